The molecule has 3 heteroatoms. The summed E-state index contributed by atoms with van der Waals surface area (Å²) >= 11 is 0. The highest BCUT2D eigenvalue weighted by Crippen LogP contribution is 2.23. The largest absolute Gasteiger partial charge is 0.388 e. The summed E-state index contributed by atoms with van der Waals surface area (Å²) in [7, 11) is 0. The summed E-state index contributed by atoms with van der Waals surface area (Å²) in [4.78, 5) is 1.96. The van der Waals surface area contributed by atoms with Gasteiger partial charge < -0.3 is 10.0 Å². The van der Waals surface area contributed by atoms with Crippen molar-refractivity contribution in [3.63, 3.8) is 0 Å². The zero-order valence-corrected chi connectivity index (χ0v) is 12.6. The van der Waals surface area contributed by atoms with E-state index < -0.39 is 6.10 Å². The molecule has 0 aromatic heterocycles. The van der Waals surface area contributed by atoms with Crippen molar-refractivity contribution in [3.8, 4) is 0 Å². The molecular formula is C18H22FNO. The van der Waals surface area contributed by atoms with Crippen molar-refractivity contribution in [2.45, 2.75) is 26.4 Å². The molecule has 0 aliphatic carbocycles. The monoisotopic (exact) mass is 287 g/mol. The molecule has 1 unspecified atom stereocenters. The van der Waals surface area contributed by atoms with Crippen LogP contribution in [-0.2, 0) is 0 Å². The van der Waals surface area contributed by atoms with Crippen LogP contribution in [0.4, 0.5) is 10.1 Å². The standard InChI is InChI=1S/C18H22FNO/c1-3-20(17-11-7-6-10-16(17)19)13-12-18(21)15-9-5-4-8-14(15)2/h4-11,18,21H,3,12-13H2,1-2H3. The molecule has 21 heavy (non-hydrogen) atoms. The number of rotatable bonds is 6. The molecule has 2 rings (SSSR count). The van der Waals surface area contributed by atoms with E-state index in [2.05, 4.69) is 0 Å². The highest BCUT2D eigenvalue weighted by molar-refractivity contribution is 5.47. The number of hydrogen-bond donors (Lipinski definition) is 1. The number of benzene rings is 2. The maximum Gasteiger partial charge on any atom is 0.146 e. The second-order valence-electron chi connectivity index (χ2n) is 5.19. The van der Waals surface area contributed by atoms with Crippen molar-refractivity contribution in [2.24, 2.45) is 0 Å². The van der Waals surface area contributed by atoms with Crippen LogP contribution in [0, 0.1) is 12.7 Å². The van der Waals surface area contributed by atoms with Crippen molar-refractivity contribution >= 4 is 5.69 Å². The molecule has 2 aromatic rings. The molecule has 0 amide bonds. The Labute approximate surface area is 125 Å². The lowest BCUT2D eigenvalue weighted by atomic mass is 10.0. The second kappa shape index (κ2) is 7.23. The zero-order valence-electron chi connectivity index (χ0n) is 12.6. The van der Waals surface area contributed by atoms with Crippen molar-refractivity contribution in [2.75, 3.05) is 18.0 Å². The highest BCUT2D eigenvalue weighted by Gasteiger charge is 2.14. The fraction of sp³-hybridized carbons (Fsp3) is 0.333. The first-order valence-electron chi connectivity index (χ1n) is 7.36. The Morgan fingerprint density at radius 1 is 1.10 bits per heavy atom. The van der Waals surface area contributed by atoms with Crippen LogP contribution in [0.1, 0.15) is 30.6 Å². The molecular weight excluding hydrogens is 265 g/mol. The van der Waals surface area contributed by atoms with Crippen LogP contribution in [-0.4, -0.2) is 18.2 Å². The van der Waals surface area contributed by atoms with Gasteiger partial charge in [-0.3, -0.25) is 0 Å². The van der Waals surface area contributed by atoms with Gasteiger partial charge in [0, 0.05) is 13.1 Å². The fourth-order valence-corrected chi connectivity index (χ4v) is 2.55. The molecule has 2 nitrogen and oxygen atoms in total. The first-order valence-corrected chi connectivity index (χ1v) is 7.36. The number of aliphatic hydroxyl groups excluding tert-OH is 1. The molecule has 0 aliphatic rings. The van der Waals surface area contributed by atoms with Crippen molar-refractivity contribution in [1.29, 1.82) is 0 Å². The molecule has 0 radical (unpaired) electrons. The van der Waals surface area contributed by atoms with Crippen LogP contribution in [0.25, 0.3) is 0 Å². The van der Waals surface area contributed by atoms with Gasteiger partial charge in [-0.15, -0.1) is 0 Å². The van der Waals surface area contributed by atoms with Gasteiger partial charge in [-0.25, -0.2) is 4.39 Å². The predicted molar refractivity (Wildman–Crippen MR) is 85.0 cm³/mol. The van der Waals surface area contributed by atoms with E-state index in [9.17, 15) is 9.50 Å². The molecule has 1 N–H and O–H groups in total. The van der Waals surface area contributed by atoms with Crippen molar-refractivity contribution in [1.82, 2.24) is 0 Å². The average molecular weight is 287 g/mol. The summed E-state index contributed by atoms with van der Waals surface area (Å²) in [5.74, 6) is -0.218. The lowest BCUT2D eigenvalue weighted by Gasteiger charge is -2.25. The van der Waals surface area contributed by atoms with Gasteiger partial charge in [0.15, 0.2) is 0 Å². The normalized spacial score (nSPS) is 12.2. The van der Waals surface area contributed by atoms with Crippen LogP contribution >= 0.6 is 0 Å². The van der Waals surface area contributed by atoms with Gasteiger partial charge in [-0.1, -0.05) is 36.4 Å². The maximum atomic E-state index is 13.8. The molecule has 0 bridgehead atoms. The number of anilines is 1. The predicted octanol–water partition coefficient (Wildman–Crippen LogP) is 4.08. The first-order chi connectivity index (χ1) is 10.1. The molecule has 2 aromatic carbocycles. The molecule has 0 spiro atoms. The quantitative estimate of drug-likeness (QED) is 0.865. The van der Waals surface area contributed by atoms with E-state index in [4.69, 9.17) is 0 Å². The summed E-state index contributed by atoms with van der Waals surface area (Å²) in [5, 5.41) is 10.3. The molecule has 0 saturated heterocycles. The van der Waals surface area contributed by atoms with E-state index in [0.717, 1.165) is 11.1 Å². The van der Waals surface area contributed by atoms with E-state index in [1.165, 1.54) is 6.07 Å². The van der Waals surface area contributed by atoms with E-state index >= 15 is 0 Å². The number of para-hydroxylation sites is 1. The Morgan fingerprint density at radius 3 is 2.43 bits per heavy atom. The Bertz CT molecular complexity index is 585. The zero-order chi connectivity index (χ0) is 15.2. The van der Waals surface area contributed by atoms with Crippen molar-refractivity contribution in [3.05, 3.63) is 65.5 Å². The number of halogens is 1. The first kappa shape index (κ1) is 15.5. The van der Waals surface area contributed by atoms with Gasteiger partial charge in [0.1, 0.15) is 5.82 Å². The van der Waals surface area contributed by atoms with E-state index in [1.807, 2.05) is 49.1 Å². The molecule has 1 atom stereocenters. The molecule has 0 fully saturated rings. The molecule has 0 aliphatic heterocycles. The van der Waals surface area contributed by atoms with Gasteiger partial charge >= 0.3 is 0 Å². The minimum atomic E-state index is -0.521. The third-order valence-corrected chi connectivity index (χ3v) is 3.79. The van der Waals surface area contributed by atoms with E-state index in [1.54, 1.807) is 12.1 Å². The van der Waals surface area contributed by atoms with Gasteiger partial charge in [-0.05, 0) is 43.5 Å². The van der Waals surface area contributed by atoms with Crippen LogP contribution in [0.15, 0.2) is 48.5 Å². The third-order valence-electron chi connectivity index (χ3n) is 3.79. The van der Waals surface area contributed by atoms with Gasteiger partial charge in [0.2, 0.25) is 0 Å². The SMILES string of the molecule is CCN(CCC(O)c1ccccc1C)c1ccccc1F. The smallest absolute Gasteiger partial charge is 0.146 e. The Kier molecular flexibility index (Phi) is 5.34. The van der Waals surface area contributed by atoms with Crippen LogP contribution < -0.4 is 4.90 Å². The van der Waals surface area contributed by atoms with Crippen LogP contribution in [0.3, 0.4) is 0 Å². The van der Waals surface area contributed by atoms with Crippen molar-refractivity contribution < 1.29 is 9.50 Å². The maximum absolute atomic E-state index is 13.8. The van der Waals surface area contributed by atoms with Crippen LogP contribution in [0.5, 0.6) is 0 Å². The summed E-state index contributed by atoms with van der Waals surface area (Å²) in [6, 6.07) is 14.6. The van der Waals surface area contributed by atoms with Gasteiger partial charge in [0.25, 0.3) is 0 Å². The van der Waals surface area contributed by atoms with E-state index in [-0.39, 0.29) is 5.82 Å². The molecule has 0 saturated carbocycles. The number of hydrogen-bond acceptors (Lipinski definition) is 2. The minimum Gasteiger partial charge on any atom is -0.388 e. The van der Waals surface area contributed by atoms with Gasteiger partial charge in [0.05, 0.1) is 11.8 Å². The Morgan fingerprint density at radius 2 is 1.76 bits per heavy atom. The van der Waals surface area contributed by atoms with Crippen LogP contribution in [0.2, 0.25) is 0 Å². The van der Waals surface area contributed by atoms with E-state index in [0.29, 0.717) is 25.2 Å². The molecule has 0 heterocycles. The topological polar surface area (TPSA) is 23.5 Å². The minimum absolute atomic E-state index is 0.218. The Balaban J connectivity index is 2.04. The average Bonchev–Trinajstić information content (AvgIpc) is 2.49. The number of aryl methyl sites for hydroxylation is 1. The fourth-order valence-electron chi connectivity index (χ4n) is 2.55. The Hall–Kier alpha value is -1.87. The molecule has 112 valence electrons. The summed E-state index contributed by atoms with van der Waals surface area (Å²) in [5.41, 5.74) is 2.62. The third kappa shape index (κ3) is 3.82. The lowest BCUT2D eigenvalue weighted by molar-refractivity contribution is 0.168. The second-order valence-corrected chi connectivity index (χ2v) is 5.19. The number of nitrogens with zero attached hydrogens (tertiary/aromatic N) is 1. The summed E-state index contributed by atoms with van der Waals surface area (Å²) in [6.45, 7) is 5.31. The summed E-state index contributed by atoms with van der Waals surface area (Å²) < 4.78 is 13.8. The lowest BCUT2D eigenvalue weighted by Crippen LogP contribution is -2.26. The highest BCUT2D eigenvalue weighted by atomic mass is 19.1. The van der Waals surface area contributed by atoms with Gasteiger partial charge in [-0.2, -0.15) is 0 Å². The number of aliphatic hydroxyl groups is 1. The summed E-state index contributed by atoms with van der Waals surface area (Å²) in [6.07, 6.45) is 0.0551.